The van der Waals surface area contributed by atoms with Crippen LogP contribution in [0.5, 0.6) is 17.2 Å². The van der Waals surface area contributed by atoms with Crippen molar-refractivity contribution in [1.29, 1.82) is 5.26 Å². The van der Waals surface area contributed by atoms with Crippen LogP contribution in [0, 0.1) is 11.3 Å². The Balaban J connectivity index is 2.26. The molecule has 0 N–H and O–H groups in total. The molecule has 3 aromatic rings. The van der Waals surface area contributed by atoms with E-state index in [1.54, 1.807) is 21.3 Å². The van der Waals surface area contributed by atoms with E-state index in [9.17, 15) is 10.1 Å². The molecular formula is C24H22N2O4S. The largest absolute Gasteiger partial charge is 0.497 e. The molecule has 0 amide bonds. The second kappa shape index (κ2) is 10.0. The molecule has 0 saturated carbocycles. The van der Waals surface area contributed by atoms with Crippen LogP contribution in [0.2, 0.25) is 0 Å². The van der Waals surface area contributed by atoms with Crippen molar-refractivity contribution < 1.29 is 19.0 Å². The second-order valence-corrected chi connectivity index (χ2v) is 7.60. The lowest BCUT2D eigenvalue weighted by molar-refractivity contribution is -0.114. The molecule has 0 fully saturated rings. The van der Waals surface area contributed by atoms with Gasteiger partial charge in [-0.05, 0) is 48.9 Å². The summed E-state index contributed by atoms with van der Waals surface area (Å²) in [6.45, 7) is 1.51. The number of pyridine rings is 1. The van der Waals surface area contributed by atoms with Crippen LogP contribution in [0.25, 0.3) is 22.4 Å². The van der Waals surface area contributed by atoms with Gasteiger partial charge in [-0.2, -0.15) is 5.26 Å². The summed E-state index contributed by atoms with van der Waals surface area (Å²) in [4.78, 5) is 16.3. The van der Waals surface area contributed by atoms with Crippen LogP contribution in [0.15, 0.2) is 53.6 Å². The first-order valence-corrected chi connectivity index (χ1v) is 10.4. The van der Waals surface area contributed by atoms with Crippen LogP contribution in [0.4, 0.5) is 0 Å². The molecule has 1 aromatic heterocycles. The Morgan fingerprint density at radius 3 is 2.23 bits per heavy atom. The van der Waals surface area contributed by atoms with E-state index in [0.29, 0.717) is 33.3 Å². The van der Waals surface area contributed by atoms with Gasteiger partial charge in [0.2, 0.25) is 0 Å². The zero-order chi connectivity index (χ0) is 22.4. The molecule has 6 nitrogen and oxygen atoms in total. The van der Waals surface area contributed by atoms with Crippen molar-refractivity contribution >= 4 is 17.5 Å². The molecular weight excluding hydrogens is 412 g/mol. The van der Waals surface area contributed by atoms with E-state index >= 15 is 0 Å². The quantitative estimate of drug-likeness (QED) is 0.462. The number of nitrogens with zero attached hydrogens (tertiary/aromatic N) is 2. The Morgan fingerprint density at radius 1 is 0.968 bits per heavy atom. The number of nitriles is 1. The summed E-state index contributed by atoms with van der Waals surface area (Å²) in [5, 5.41) is 10.4. The number of carbonyl (C=O) groups excluding carboxylic acids is 1. The van der Waals surface area contributed by atoms with E-state index in [0.717, 1.165) is 16.9 Å². The van der Waals surface area contributed by atoms with E-state index in [-0.39, 0.29) is 11.5 Å². The highest BCUT2D eigenvalue weighted by atomic mass is 32.2. The third-order valence-electron chi connectivity index (χ3n) is 4.59. The van der Waals surface area contributed by atoms with Gasteiger partial charge < -0.3 is 14.2 Å². The van der Waals surface area contributed by atoms with Crippen LogP contribution >= 0.6 is 11.8 Å². The molecule has 31 heavy (non-hydrogen) atoms. The fourth-order valence-electron chi connectivity index (χ4n) is 3.05. The summed E-state index contributed by atoms with van der Waals surface area (Å²) >= 11 is 1.25. The van der Waals surface area contributed by atoms with Gasteiger partial charge in [-0.3, -0.25) is 4.79 Å². The summed E-state index contributed by atoms with van der Waals surface area (Å²) in [6, 6.07) is 17.0. The first-order valence-electron chi connectivity index (χ1n) is 9.45. The number of hydrogen-bond donors (Lipinski definition) is 0. The van der Waals surface area contributed by atoms with Gasteiger partial charge in [-0.15, -0.1) is 0 Å². The van der Waals surface area contributed by atoms with E-state index in [4.69, 9.17) is 19.2 Å². The number of aromatic nitrogens is 1. The number of thioether (sulfide) groups is 1. The summed E-state index contributed by atoms with van der Waals surface area (Å²) in [5.41, 5.74) is 3.32. The van der Waals surface area contributed by atoms with E-state index in [1.165, 1.54) is 18.7 Å². The van der Waals surface area contributed by atoms with Gasteiger partial charge in [0.1, 0.15) is 34.1 Å². The summed E-state index contributed by atoms with van der Waals surface area (Å²) in [6.07, 6.45) is 0. The van der Waals surface area contributed by atoms with Crippen LogP contribution in [-0.4, -0.2) is 37.8 Å². The van der Waals surface area contributed by atoms with Crippen molar-refractivity contribution in [2.45, 2.75) is 11.9 Å². The topological polar surface area (TPSA) is 81.4 Å². The fraction of sp³-hybridized carbons (Fsp3) is 0.208. The Morgan fingerprint density at radius 2 is 1.65 bits per heavy atom. The average Bonchev–Trinajstić information content (AvgIpc) is 2.81. The first-order chi connectivity index (χ1) is 15.0. The smallest absolute Gasteiger partial charge is 0.140 e. The Bertz CT molecular complexity index is 1140. The average molecular weight is 435 g/mol. The highest BCUT2D eigenvalue weighted by molar-refractivity contribution is 8.00. The lowest BCUT2D eigenvalue weighted by Crippen LogP contribution is -2.00. The minimum atomic E-state index is 0.00560. The molecule has 3 rings (SSSR count). The number of hydrogen-bond acceptors (Lipinski definition) is 7. The maximum atomic E-state index is 11.6. The van der Waals surface area contributed by atoms with E-state index in [1.807, 2.05) is 48.5 Å². The Kier molecular flexibility index (Phi) is 7.16. The molecule has 7 heteroatoms. The maximum Gasteiger partial charge on any atom is 0.140 e. The number of Topliss-reactive ketones (excluding diaryl/α,β-unsaturated/α-hetero) is 1. The van der Waals surface area contributed by atoms with Crippen LogP contribution in [-0.2, 0) is 4.79 Å². The predicted molar refractivity (Wildman–Crippen MR) is 121 cm³/mol. The summed E-state index contributed by atoms with van der Waals surface area (Å²) < 4.78 is 16.2. The van der Waals surface area contributed by atoms with Gasteiger partial charge in [-0.1, -0.05) is 23.9 Å². The highest BCUT2D eigenvalue weighted by Gasteiger charge is 2.19. The molecule has 1 heterocycles. The summed E-state index contributed by atoms with van der Waals surface area (Å²) in [5.74, 6) is 2.23. The van der Waals surface area contributed by atoms with E-state index in [2.05, 4.69) is 6.07 Å². The van der Waals surface area contributed by atoms with Gasteiger partial charge in [0.25, 0.3) is 0 Å². The molecule has 0 aliphatic rings. The monoisotopic (exact) mass is 434 g/mol. The fourth-order valence-corrected chi connectivity index (χ4v) is 3.86. The molecule has 0 atom stereocenters. The number of ether oxygens (including phenoxy) is 3. The first kappa shape index (κ1) is 22.2. The van der Waals surface area contributed by atoms with Gasteiger partial charge >= 0.3 is 0 Å². The molecule has 0 spiro atoms. The molecule has 0 unspecified atom stereocenters. The van der Waals surface area contributed by atoms with Crippen molar-refractivity contribution in [1.82, 2.24) is 4.98 Å². The highest BCUT2D eigenvalue weighted by Crippen LogP contribution is 2.38. The number of rotatable bonds is 8. The zero-order valence-corrected chi connectivity index (χ0v) is 18.6. The lowest BCUT2D eigenvalue weighted by atomic mass is 9.98. The third-order valence-corrected chi connectivity index (χ3v) is 5.71. The predicted octanol–water partition coefficient (Wildman–Crippen LogP) is 4.99. The third kappa shape index (κ3) is 4.98. The second-order valence-electron chi connectivity index (χ2n) is 6.63. The molecule has 0 aliphatic heterocycles. The maximum absolute atomic E-state index is 11.6. The summed E-state index contributed by atoms with van der Waals surface area (Å²) in [7, 11) is 4.78. The van der Waals surface area contributed by atoms with Crippen molar-refractivity contribution in [3.05, 3.63) is 54.1 Å². The molecule has 2 aromatic carbocycles. The van der Waals surface area contributed by atoms with Gasteiger partial charge in [-0.25, -0.2) is 4.98 Å². The Hall–Kier alpha value is -3.50. The van der Waals surface area contributed by atoms with Crippen molar-refractivity contribution in [3.8, 4) is 45.7 Å². The van der Waals surface area contributed by atoms with Gasteiger partial charge in [0.05, 0.1) is 38.3 Å². The number of benzene rings is 2. The van der Waals surface area contributed by atoms with Gasteiger partial charge in [0, 0.05) is 11.1 Å². The molecule has 158 valence electrons. The molecule has 0 bridgehead atoms. The standard InChI is InChI=1S/C24H22N2O4S/c1-15(27)14-31-24-21(13-25)19(16-5-7-17(28-2)8-6-16)12-22(26-24)20-11-18(29-3)9-10-23(20)30-4/h5-12H,14H2,1-4H3. The SMILES string of the molecule is COc1ccc(-c2cc(-c3cc(OC)ccc3OC)nc(SCC(C)=O)c2C#N)cc1. The van der Waals surface area contributed by atoms with Crippen molar-refractivity contribution in [2.75, 3.05) is 27.1 Å². The zero-order valence-electron chi connectivity index (χ0n) is 17.8. The van der Waals surface area contributed by atoms with Crippen LogP contribution in [0.3, 0.4) is 0 Å². The Labute approximate surface area is 185 Å². The molecule has 0 radical (unpaired) electrons. The van der Waals surface area contributed by atoms with Crippen molar-refractivity contribution in [2.24, 2.45) is 0 Å². The number of carbonyl (C=O) groups is 1. The minimum Gasteiger partial charge on any atom is -0.497 e. The van der Waals surface area contributed by atoms with Crippen LogP contribution in [0.1, 0.15) is 12.5 Å². The van der Waals surface area contributed by atoms with Gasteiger partial charge in [0.15, 0.2) is 0 Å². The van der Waals surface area contributed by atoms with Crippen LogP contribution < -0.4 is 14.2 Å². The number of methoxy groups -OCH3 is 3. The van der Waals surface area contributed by atoms with Crippen molar-refractivity contribution in [3.63, 3.8) is 0 Å². The number of ketones is 1. The molecule has 0 aliphatic carbocycles. The minimum absolute atomic E-state index is 0.00560. The van der Waals surface area contributed by atoms with E-state index < -0.39 is 0 Å². The molecule has 0 saturated heterocycles. The normalized spacial score (nSPS) is 10.3. The lowest BCUT2D eigenvalue weighted by Gasteiger charge is -2.15.